The number of hydrogen-bond donors (Lipinski definition) is 3. The molecule has 0 spiro atoms. The van der Waals surface area contributed by atoms with Gasteiger partial charge < -0.3 is 15.2 Å². The summed E-state index contributed by atoms with van der Waals surface area (Å²) in [5.41, 5.74) is 2.40. The van der Waals surface area contributed by atoms with E-state index < -0.39 is 30.6 Å². The molecule has 4 rings (SSSR count). The zero-order chi connectivity index (χ0) is 25.9. The Labute approximate surface area is 206 Å². The van der Waals surface area contributed by atoms with Crippen molar-refractivity contribution < 1.29 is 27.4 Å². The predicted octanol–water partition coefficient (Wildman–Crippen LogP) is 5.30. The minimum Gasteiger partial charge on any atom is -0.339 e. The van der Waals surface area contributed by atoms with Gasteiger partial charge in [-0.1, -0.05) is 12.1 Å². The van der Waals surface area contributed by atoms with Crippen molar-refractivity contribution in [1.29, 1.82) is 0 Å². The molecular weight excluding hydrogens is 494 g/mol. The van der Waals surface area contributed by atoms with Crippen LogP contribution in [-0.4, -0.2) is 35.8 Å². The standard InChI is InChI=1S/C24H25F3N5O3P/c1-36(2,34)20-6-4-3-5-19(20)30-21-18(24(25,26)27)13-28-23(31-21)29-17-11-9-16(10-12-17)22(33)32-35-14-15-7-8-15/h3-6,9-13,15H,7-8,14H2,1-2H3,(H,32,33)(H2,28,29,30,31). The van der Waals surface area contributed by atoms with Crippen LogP contribution < -0.4 is 21.4 Å². The summed E-state index contributed by atoms with van der Waals surface area (Å²) in [5, 5.41) is 5.93. The molecule has 12 heteroatoms. The fourth-order valence-electron chi connectivity index (χ4n) is 3.32. The lowest BCUT2D eigenvalue weighted by Gasteiger charge is -2.18. The SMILES string of the molecule is CP(C)(=O)c1ccccc1Nc1nc(Nc2ccc(C(=O)NOCC3CC3)cc2)ncc1C(F)(F)F. The van der Waals surface area contributed by atoms with Gasteiger partial charge in [-0.05, 0) is 68.5 Å². The number of halogens is 3. The van der Waals surface area contributed by atoms with Crippen molar-refractivity contribution in [2.45, 2.75) is 19.0 Å². The van der Waals surface area contributed by atoms with E-state index in [9.17, 15) is 22.5 Å². The van der Waals surface area contributed by atoms with Gasteiger partial charge in [0.25, 0.3) is 5.91 Å². The van der Waals surface area contributed by atoms with Gasteiger partial charge in [0.05, 0.1) is 12.3 Å². The zero-order valence-electron chi connectivity index (χ0n) is 19.6. The van der Waals surface area contributed by atoms with E-state index in [-0.39, 0.29) is 11.6 Å². The molecular formula is C24H25F3N5O3P. The van der Waals surface area contributed by atoms with Crippen LogP contribution in [0, 0.1) is 5.92 Å². The number of nitrogens with one attached hydrogen (secondary N) is 3. The molecule has 1 aliphatic rings. The molecule has 1 aromatic heterocycles. The second kappa shape index (κ2) is 10.3. The van der Waals surface area contributed by atoms with Crippen molar-refractivity contribution in [3.05, 3.63) is 65.9 Å². The molecule has 0 bridgehead atoms. The number of carbonyl (C=O) groups is 1. The van der Waals surface area contributed by atoms with Gasteiger partial charge in [0.1, 0.15) is 18.5 Å². The second-order valence-electron chi connectivity index (χ2n) is 8.83. The number of amides is 1. The molecule has 1 heterocycles. The highest BCUT2D eigenvalue weighted by atomic mass is 31.2. The summed E-state index contributed by atoms with van der Waals surface area (Å²) in [6.07, 6.45) is -1.83. The van der Waals surface area contributed by atoms with Crippen LogP contribution in [0.15, 0.2) is 54.7 Å². The molecule has 1 saturated carbocycles. The van der Waals surface area contributed by atoms with E-state index in [2.05, 4.69) is 26.1 Å². The maximum atomic E-state index is 13.7. The van der Waals surface area contributed by atoms with Gasteiger partial charge in [-0.15, -0.1) is 0 Å². The molecule has 1 aliphatic carbocycles. The largest absolute Gasteiger partial charge is 0.421 e. The van der Waals surface area contributed by atoms with Gasteiger partial charge >= 0.3 is 6.18 Å². The highest BCUT2D eigenvalue weighted by Crippen LogP contribution is 2.40. The summed E-state index contributed by atoms with van der Waals surface area (Å²) in [5.74, 6) is -0.474. The number of rotatable bonds is 9. The first-order valence-electron chi connectivity index (χ1n) is 11.2. The number of alkyl halides is 3. The third-order valence-corrected chi connectivity index (χ3v) is 6.97. The Morgan fingerprint density at radius 3 is 2.42 bits per heavy atom. The molecule has 0 aliphatic heterocycles. The van der Waals surface area contributed by atoms with Crippen molar-refractivity contribution in [1.82, 2.24) is 15.4 Å². The first-order chi connectivity index (χ1) is 17.0. The molecule has 1 amide bonds. The second-order valence-corrected chi connectivity index (χ2v) is 12.0. The molecule has 0 saturated heterocycles. The van der Waals surface area contributed by atoms with Gasteiger partial charge in [-0.3, -0.25) is 9.63 Å². The molecule has 0 atom stereocenters. The van der Waals surface area contributed by atoms with Crippen LogP contribution >= 0.6 is 7.14 Å². The molecule has 36 heavy (non-hydrogen) atoms. The first kappa shape index (κ1) is 25.7. The Hall–Kier alpha value is -3.43. The minimum atomic E-state index is -4.71. The Kier molecular flexibility index (Phi) is 7.33. The number of carbonyl (C=O) groups excluding carboxylic acids is 1. The van der Waals surface area contributed by atoms with Crippen molar-refractivity contribution in [2.75, 3.05) is 30.6 Å². The van der Waals surface area contributed by atoms with Crippen molar-refractivity contribution in [2.24, 2.45) is 5.92 Å². The highest BCUT2D eigenvalue weighted by molar-refractivity contribution is 7.70. The van der Waals surface area contributed by atoms with Gasteiger partial charge in [-0.2, -0.15) is 18.2 Å². The first-order valence-corrected chi connectivity index (χ1v) is 13.8. The number of benzene rings is 2. The van der Waals surface area contributed by atoms with Gasteiger partial charge in [0, 0.05) is 22.8 Å². The van der Waals surface area contributed by atoms with Gasteiger partial charge in [0.2, 0.25) is 5.95 Å². The molecule has 3 aromatic rings. The van der Waals surface area contributed by atoms with Crippen molar-refractivity contribution in [3.8, 4) is 0 Å². The maximum absolute atomic E-state index is 13.7. The zero-order valence-corrected chi connectivity index (χ0v) is 20.5. The van der Waals surface area contributed by atoms with E-state index in [1.807, 2.05) is 0 Å². The van der Waals surface area contributed by atoms with E-state index in [0.717, 1.165) is 12.8 Å². The molecule has 2 aromatic carbocycles. The normalized spacial score (nSPS) is 13.8. The highest BCUT2D eigenvalue weighted by Gasteiger charge is 2.35. The minimum absolute atomic E-state index is 0.0934. The van der Waals surface area contributed by atoms with Crippen LogP contribution in [0.4, 0.5) is 36.3 Å². The lowest BCUT2D eigenvalue weighted by molar-refractivity contribution is -0.137. The van der Waals surface area contributed by atoms with Crippen LogP contribution in [0.25, 0.3) is 0 Å². The third kappa shape index (κ3) is 6.61. The molecule has 3 N–H and O–H groups in total. The Morgan fingerprint density at radius 1 is 1.08 bits per heavy atom. The number of hydrogen-bond acceptors (Lipinski definition) is 7. The Balaban J connectivity index is 1.53. The summed E-state index contributed by atoms with van der Waals surface area (Å²) in [7, 11) is -2.78. The third-order valence-electron chi connectivity index (χ3n) is 5.42. The Morgan fingerprint density at radius 2 is 1.78 bits per heavy atom. The Bertz CT molecular complexity index is 1290. The van der Waals surface area contributed by atoms with E-state index in [4.69, 9.17) is 4.84 Å². The molecule has 0 unspecified atom stereocenters. The topological polar surface area (TPSA) is 105 Å². The predicted molar refractivity (Wildman–Crippen MR) is 132 cm³/mol. The number of nitrogens with zero attached hydrogens (tertiary/aromatic N) is 2. The maximum Gasteiger partial charge on any atom is 0.421 e. The lowest BCUT2D eigenvalue weighted by atomic mass is 10.2. The monoisotopic (exact) mass is 519 g/mol. The van der Waals surface area contributed by atoms with Crippen LogP contribution in [0.5, 0.6) is 0 Å². The summed E-state index contributed by atoms with van der Waals surface area (Å²) >= 11 is 0. The number of para-hydroxylation sites is 1. The average molecular weight is 519 g/mol. The quantitative estimate of drug-likeness (QED) is 0.260. The van der Waals surface area contributed by atoms with Crippen molar-refractivity contribution >= 4 is 41.5 Å². The van der Waals surface area contributed by atoms with Crippen LogP contribution in [0.2, 0.25) is 0 Å². The van der Waals surface area contributed by atoms with E-state index in [1.165, 1.54) is 25.5 Å². The molecule has 190 valence electrons. The molecule has 1 fully saturated rings. The fraction of sp³-hybridized carbons (Fsp3) is 0.292. The number of aromatic nitrogens is 2. The fourth-order valence-corrected chi connectivity index (χ4v) is 4.48. The molecule has 8 nitrogen and oxygen atoms in total. The lowest BCUT2D eigenvalue weighted by Crippen LogP contribution is -2.24. The average Bonchev–Trinajstić information content (AvgIpc) is 3.63. The van der Waals surface area contributed by atoms with Gasteiger partial charge in [-0.25, -0.2) is 10.5 Å². The van der Waals surface area contributed by atoms with Crippen LogP contribution in [0.1, 0.15) is 28.8 Å². The number of anilines is 4. The van der Waals surface area contributed by atoms with Gasteiger partial charge in [0.15, 0.2) is 0 Å². The summed E-state index contributed by atoms with van der Waals surface area (Å²) < 4.78 is 53.6. The number of hydroxylamine groups is 1. The van der Waals surface area contributed by atoms with E-state index in [0.29, 0.717) is 35.3 Å². The molecule has 0 radical (unpaired) electrons. The summed E-state index contributed by atoms with van der Waals surface area (Å²) in [6.45, 7) is 3.55. The van der Waals surface area contributed by atoms with Crippen LogP contribution in [-0.2, 0) is 15.6 Å². The van der Waals surface area contributed by atoms with E-state index >= 15 is 0 Å². The van der Waals surface area contributed by atoms with E-state index in [1.54, 1.807) is 36.4 Å². The summed E-state index contributed by atoms with van der Waals surface area (Å²) in [4.78, 5) is 25.2. The van der Waals surface area contributed by atoms with Crippen LogP contribution in [0.3, 0.4) is 0 Å². The van der Waals surface area contributed by atoms with Crippen molar-refractivity contribution in [3.63, 3.8) is 0 Å². The smallest absolute Gasteiger partial charge is 0.339 e. The summed E-state index contributed by atoms with van der Waals surface area (Å²) in [6, 6.07) is 12.7.